The molecule has 54 heavy (non-hydrogen) atoms. The van der Waals surface area contributed by atoms with Crippen LogP contribution in [0.15, 0.2) is 176 Å². The minimum Gasteiger partial charge on any atom is -0.278 e. The fraction of sp³-hybridized carbons (Fsp3) is 0.0600. The first-order chi connectivity index (χ1) is 26.7. The highest BCUT2D eigenvalue weighted by Gasteiger charge is 2.28. The van der Waals surface area contributed by atoms with Gasteiger partial charge in [-0.3, -0.25) is 4.57 Å². The topological polar surface area (TPSA) is 43.6 Å². The number of allylic oxidation sites excluding steroid dienone is 1. The standard InChI is InChI=1S/C50H36N4/c1-33-28-44-46(32-43(33)36-20-10-4-11-21-36)54(45-27-26-37-22-14-15-25-42(37)47(44)45)50-52-48(38-23-12-5-13-24-38)51-49(53-50)41-30-39(34-16-6-2-7-17-34)29-40(31-41)35-18-8-3-9-19-35/h2-27,29-33H,28H2,1H3. The number of fused-ring (bicyclic) bond motifs is 5. The molecule has 0 saturated heterocycles. The molecule has 0 bridgehead atoms. The van der Waals surface area contributed by atoms with Crippen LogP contribution in [0.1, 0.15) is 23.7 Å². The van der Waals surface area contributed by atoms with Crippen LogP contribution < -0.4 is 0 Å². The summed E-state index contributed by atoms with van der Waals surface area (Å²) in [5.74, 6) is 2.20. The van der Waals surface area contributed by atoms with E-state index in [-0.39, 0.29) is 0 Å². The molecule has 1 atom stereocenters. The van der Waals surface area contributed by atoms with E-state index in [1.165, 1.54) is 32.9 Å². The van der Waals surface area contributed by atoms with Crippen molar-refractivity contribution >= 4 is 33.3 Å². The SMILES string of the molecule is CC1Cc2c(n(-c3nc(-c4ccccc4)nc(-c4cc(-c5ccccc5)cc(-c5ccccc5)c4)n3)c3ccc4ccccc4c23)C=C1c1ccccc1. The van der Waals surface area contributed by atoms with Crippen molar-refractivity contribution in [3.8, 4) is 51.0 Å². The summed E-state index contributed by atoms with van der Waals surface area (Å²) >= 11 is 0. The van der Waals surface area contributed by atoms with Crippen LogP contribution in [0.3, 0.4) is 0 Å². The zero-order valence-corrected chi connectivity index (χ0v) is 29.9. The molecule has 256 valence electrons. The minimum absolute atomic E-state index is 0.337. The average Bonchev–Trinajstić information content (AvgIpc) is 3.57. The molecule has 2 heterocycles. The third kappa shape index (κ3) is 5.60. The minimum atomic E-state index is 0.337. The number of aromatic nitrogens is 4. The lowest BCUT2D eigenvalue weighted by molar-refractivity contribution is 0.736. The van der Waals surface area contributed by atoms with Gasteiger partial charge in [0, 0.05) is 16.5 Å². The Balaban J connectivity index is 1.27. The number of benzene rings is 7. The van der Waals surface area contributed by atoms with Gasteiger partial charge in [-0.05, 0) is 92.4 Å². The van der Waals surface area contributed by atoms with Crippen molar-refractivity contribution in [2.75, 3.05) is 0 Å². The molecule has 1 unspecified atom stereocenters. The van der Waals surface area contributed by atoms with Crippen LogP contribution in [-0.2, 0) is 6.42 Å². The van der Waals surface area contributed by atoms with Gasteiger partial charge in [0.2, 0.25) is 5.95 Å². The molecule has 4 nitrogen and oxygen atoms in total. The van der Waals surface area contributed by atoms with Gasteiger partial charge >= 0.3 is 0 Å². The van der Waals surface area contributed by atoms with E-state index in [1.807, 2.05) is 18.2 Å². The van der Waals surface area contributed by atoms with Crippen LogP contribution in [0.4, 0.5) is 0 Å². The van der Waals surface area contributed by atoms with Crippen LogP contribution in [0.25, 0.3) is 84.3 Å². The third-order valence-corrected chi connectivity index (χ3v) is 10.7. The normalized spacial score (nSPS) is 13.9. The average molecular weight is 693 g/mol. The Morgan fingerprint density at radius 2 is 1.00 bits per heavy atom. The van der Waals surface area contributed by atoms with Gasteiger partial charge in [0.25, 0.3) is 0 Å². The van der Waals surface area contributed by atoms with Crippen molar-refractivity contribution < 1.29 is 0 Å². The van der Waals surface area contributed by atoms with Crippen molar-refractivity contribution in [2.45, 2.75) is 13.3 Å². The molecule has 0 amide bonds. The largest absolute Gasteiger partial charge is 0.278 e. The molecule has 4 heteroatoms. The van der Waals surface area contributed by atoms with Gasteiger partial charge in [-0.25, -0.2) is 4.98 Å². The number of hydrogen-bond donors (Lipinski definition) is 0. The van der Waals surface area contributed by atoms with Crippen molar-refractivity contribution in [3.63, 3.8) is 0 Å². The number of hydrogen-bond acceptors (Lipinski definition) is 3. The Kier molecular flexibility index (Phi) is 7.80. The number of nitrogens with zero attached hydrogens (tertiary/aromatic N) is 4. The van der Waals surface area contributed by atoms with Crippen molar-refractivity contribution in [1.82, 2.24) is 19.5 Å². The van der Waals surface area contributed by atoms with E-state index in [0.717, 1.165) is 51.0 Å². The van der Waals surface area contributed by atoms with Crippen molar-refractivity contribution in [2.24, 2.45) is 5.92 Å². The molecule has 0 saturated carbocycles. The van der Waals surface area contributed by atoms with E-state index in [2.05, 4.69) is 175 Å². The molecule has 0 N–H and O–H groups in total. The fourth-order valence-corrected chi connectivity index (χ4v) is 8.10. The van der Waals surface area contributed by atoms with Crippen LogP contribution in [0.5, 0.6) is 0 Å². The van der Waals surface area contributed by atoms with E-state index in [0.29, 0.717) is 23.5 Å². The Morgan fingerprint density at radius 1 is 0.481 bits per heavy atom. The second-order valence-electron chi connectivity index (χ2n) is 14.1. The lowest BCUT2D eigenvalue weighted by Gasteiger charge is -2.23. The van der Waals surface area contributed by atoms with Gasteiger partial charge in [-0.2, -0.15) is 9.97 Å². The Hall–Kier alpha value is -6.91. The molecule has 1 aliphatic carbocycles. The zero-order chi connectivity index (χ0) is 36.0. The highest BCUT2D eigenvalue weighted by molar-refractivity contribution is 6.11. The highest BCUT2D eigenvalue weighted by atomic mass is 15.2. The van der Waals surface area contributed by atoms with E-state index >= 15 is 0 Å². The van der Waals surface area contributed by atoms with Gasteiger partial charge in [0.05, 0.1) is 11.2 Å². The second-order valence-corrected chi connectivity index (χ2v) is 14.1. The maximum atomic E-state index is 5.41. The van der Waals surface area contributed by atoms with Crippen molar-refractivity contribution in [3.05, 3.63) is 193 Å². The third-order valence-electron chi connectivity index (χ3n) is 10.7. The van der Waals surface area contributed by atoms with E-state index < -0.39 is 0 Å². The summed E-state index contributed by atoms with van der Waals surface area (Å²) in [6, 6.07) is 61.9. The summed E-state index contributed by atoms with van der Waals surface area (Å²) in [5.41, 5.74) is 12.5. The van der Waals surface area contributed by atoms with Gasteiger partial charge in [0.15, 0.2) is 11.6 Å². The summed E-state index contributed by atoms with van der Waals surface area (Å²) in [4.78, 5) is 15.9. The van der Waals surface area contributed by atoms with Gasteiger partial charge in [-0.1, -0.05) is 159 Å². The molecule has 0 radical (unpaired) electrons. The van der Waals surface area contributed by atoms with Gasteiger partial charge in [-0.15, -0.1) is 0 Å². The maximum Gasteiger partial charge on any atom is 0.238 e. The Bertz CT molecular complexity index is 2780. The van der Waals surface area contributed by atoms with Crippen LogP contribution >= 0.6 is 0 Å². The van der Waals surface area contributed by atoms with Crippen molar-refractivity contribution in [1.29, 1.82) is 0 Å². The molecule has 9 aromatic rings. The van der Waals surface area contributed by atoms with E-state index in [4.69, 9.17) is 15.0 Å². The van der Waals surface area contributed by atoms with Crippen LogP contribution in [0.2, 0.25) is 0 Å². The summed E-state index contributed by atoms with van der Waals surface area (Å²) in [5, 5.41) is 3.73. The molecule has 10 rings (SSSR count). The first kappa shape index (κ1) is 31.8. The summed E-state index contributed by atoms with van der Waals surface area (Å²) in [6.45, 7) is 2.34. The molecular formula is C50H36N4. The summed E-state index contributed by atoms with van der Waals surface area (Å²) in [6.07, 6.45) is 3.29. The summed E-state index contributed by atoms with van der Waals surface area (Å²) in [7, 11) is 0. The second kappa shape index (κ2) is 13.3. The maximum absolute atomic E-state index is 5.41. The predicted molar refractivity (Wildman–Crippen MR) is 223 cm³/mol. The smallest absolute Gasteiger partial charge is 0.238 e. The molecule has 2 aromatic heterocycles. The van der Waals surface area contributed by atoms with Gasteiger partial charge in [0.1, 0.15) is 0 Å². The Labute approximate surface area is 314 Å². The van der Waals surface area contributed by atoms with Crippen LogP contribution in [-0.4, -0.2) is 19.5 Å². The van der Waals surface area contributed by atoms with E-state index in [9.17, 15) is 0 Å². The van der Waals surface area contributed by atoms with Crippen LogP contribution in [0, 0.1) is 5.92 Å². The molecule has 7 aromatic carbocycles. The van der Waals surface area contributed by atoms with E-state index in [1.54, 1.807) is 0 Å². The lowest BCUT2D eigenvalue weighted by atomic mass is 9.82. The molecule has 0 aliphatic heterocycles. The first-order valence-corrected chi connectivity index (χ1v) is 18.6. The fourth-order valence-electron chi connectivity index (χ4n) is 8.10. The molecule has 0 fully saturated rings. The Morgan fingerprint density at radius 3 is 1.63 bits per heavy atom. The molecule has 1 aliphatic rings. The zero-order valence-electron chi connectivity index (χ0n) is 29.9. The summed E-state index contributed by atoms with van der Waals surface area (Å²) < 4.78 is 2.28. The predicted octanol–water partition coefficient (Wildman–Crippen LogP) is 12.4. The highest BCUT2D eigenvalue weighted by Crippen LogP contribution is 2.43. The quantitative estimate of drug-likeness (QED) is 0.174. The molecule has 0 spiro atoms. The van der Waals surface area contributed by atoms with Gasteiger partial charge < -0.3 is 0 Å². The monoisotopic (exact) mass is 692 g/mol. The first-order valence-electron chi connectivity index (χ1n) is 18.6. The molecular weight excluding hydrogens is 657 g/mol. The number of rotatable bonds is 6. The lowest BCUT2D eigenvalue weighted by Crippen LogP contribution is -2.12.